The average Bonchev–Trinajstić information content (AvgIpc) is 3.22. The second-order valence-electron chi connectivity index (χ2n) is 14.6. The molecule has 0 saturated carbocycles. The van der Waals surface area contributed by atoms with Gasteiger partial charge < -0.3 is 54.3 Å². The van der Waals surface area contributed by atoms with Gasteiger partial charge in [0.15, 0.2) is 8.38 Å². The van der Waals surface area contributed by atoms with Crippen molar-refractivity contribution in [2.24, 2.45) is 0 Å². The van der Waals surface area contributed by atoms with Crippen LogP contribution in [0.3, 0.4) is 0 Å². The molecule has 0 spiro atoms. The second kappa shape index (κ2) is 35.2. The monoisotopic (exact) mass is 1040 g/mol. The van der Waals surface area contributed by atoms with Gasteiger partial charge in [-0.2, -0.15) is 0 Å². The second-order valence-corrected chi connectivity index (χ2v) is 27.9. The molecule has 0 aromatic heterocycles. The van der Waals surface area contributed by atoms with E-state index < -0.39 is 74.6 Å². The molecule has 0 aliphatic carbocycles. The molecule has 0 N–H and O–H groups in total. The van der Waals surface area contributed by atoms with Crippen molar-refractivity contribution in [3.63, 3.8) is 0 Å². The van der Waals surface area contributed by atoms with E-state index in [-0.39, 0.29) is 97.4 Å². The van der Waals surface area contributed by atoms with E-state index in [1.165, 1.54) is 0 Å². The predicted molar refractivity (Wildman–Crippen MR) is 260 cm³/mol. The summed E-state index contributed by atoms with van der Waals surface area (Å²) in [5.74, 6) is 0. The number of unbranched alkanes of at least 4 members (excludes halogenated alkanes) is 1. The maximum absolute atomic E-state index is 15.3. The zero-order valence-electron chi connectivity index (χ0n) is 41.9. The Labute approximate surface area is 390 Å². The fourth-order valence-corrected chi connectivity index (χ4v) is 22.5. The Morgan fingerprint density at radius 2 is 0.609 bits per heavy atom. The molecule has 386 valence electrons. The van der Waals surface area contributed by atoms with Gasteiger partial charge in [-0.1, -0.05) is 26.7 Å². The van der Waals surface area contributed by atoms with Crippen molar-refractivity contribution in [1.29, 1.82) is 0 Å². The summed E-state index contributed by atoms with van der Waals surface area (Å²) in [7, 11) is -21.0. The number of hydrogen-bond donors (Lipinski definition) is 0. The summed E-state index contributed by atoms with van der Waals surface area (Å²) in [5, 5.41) is 0. The molecule has 0 aliphatic heterocycles. The van der Waals surface area contributed by atoms with Crippen LogP contribution in [0.1, 0.15) is 155 Å². The molecule has 0 saturated heterocycles. The highest BCUT2D eigenvalue weighted by molar-refractivity contribution is 7.60. The largest absolute Gasteiger partial charge is 0.334 e. The lowest BCUT2D eigenvalue weighted by Crippen LogP contribution is -2.34. The lowest BCUT2D eigenvalue weighted by Gasteiger charge is -2.39. The van der Waals surface area contributed by atoms with E-state index in [4.69, 9.17) is 54.3 Å². The van der Waals surface area contributed by atoms with Crippen LogP contribution in [0.25, 0.3) is 0 Å². The standard InChI is InChI=1S/C41H90O17P6/c1-15-38(61(43,51-20-6)52-21-7)40(63(45,55-24-10)56-25-11)34-35-41(64(46,57-26-12)58-27-13)39(62(44,53-22-8)54-23-9)31-29-28-30-37(60(42,49-18-4)50-19-5)33-32-36(14)59(47-16-2)48-17-3/h36-41H,15-35H2,1-14H3. The molecule has 6 atom stereocenters. The summed E-state index contributed by atoms with van der Waals surface area (Å²) < 4.78 is 146. The first-order valence-electron chi connectivity index (χ1n) is 23.9. The van der Waals surface area contributed by atoms with Gasteiger partial charge in [-0.05, 0) is 128 Å². The van der Waals surface area contributed by atoms with Crippen molar-refractivity contribution in [3.8, 4) is 0 Å². The molecule has 0 bridgehead atoms. The van der Waals surface area contributed by atoms with Gasteiger partial charge in [-0.15, -0.1) is 0 Å². The van der Waals surface area contributed by atoms with Gasteiger partial charge in [-0.25, -0.2) is 0 Å². The third kappa shape index (κ3) is 20.8. The van der Waals surface area contributed by atoms with E-state index in [9.17, 15) is 13.7 Å². The number of hydrogen-bond acceptors (Lipinski definition) is 17. The Hall–Kier alpha value is 1.10. The van der Waals surface area contributed by atoms with E-state index in [1.807, 2.05) is 13.8 Å². The normalized spacial score (nSPS) is 16.2. The SMILES string of the molecule is CCOP(OCC)C(C)CCC(CCCCC(C(CCC(C(CC)P(=O)(OCC)OCC)P(=O)(OCC)OCC)P(=O)(OCC)OCC)P(=O)(OCC)OCC)P(=O)(OCC)OCC. The van der Waals surface area contributed by atoms with Gasteiger partial charge in [-0.3, -0.25) is 22.8 Å². The van der Waals surface area contributed by atoms with Crippen LogP contribution in [-0.2, 0) is 77.1 Å². The van der Waals surface area contributed by atoms with Crippen LogP contribution in [0, 0.1) is 0 Å². The first kappa shape index (κ1) is 65.1. The minimum atomic E-state index is -4.17. The van der Waals surface area contributed by atoms with Gasteiger partial charge >= 0.3 is 38.0 Å². The Bertz CT molecular complexity index is 1390. The molecule has 0 aromatic rings. The van der Waals surface area contributed by atoms with Crippen LogP contribution < -0.4 is 0 Å². The number of rotatable bonds is 44. The maximum Gasteiger partial charge on any atom is 0.334 e. The van der Waals surface area contributed by atoms with Crippen LogP contribution in [0.5, 0.6) is 0 Å². The third-order valence-corrected chi connectivity index (χ3v) is 26.2. The molecule has 0 radical (unpaired) electrons. The highest BCUT2D eigenvalue weighted by Gasteiger charge is 2.54. The Morgan fingerprint density at radius 1 is 0.328 bits per heavy atom. The molecular formula is C41H90O17P6. The topological polar surface area (TPSA) is 196 Å². The van der Waals surface area contributed by atoms with Crippen molar-refractivity contribution in [3.05, 3.63) is 0 Å². The van der Waals surface area contributed by atoms with Gasteiger partial charge in [0.25, 0.3) is 0 Å². The van der Waals surface area contributed by atoms with E-state index in [2.05, 4.69) is 6.92 Å². The fourth-order valence-electron chi connectivity index (χ4n) is 7.97. The average molecular weight is 1040 g/mol. The summed E-state index contributed by atoms with van der Waals surface area (Å²) in [6.07, 6.45) is 2.85. The van der Waals surface area contributed by atoms with Gasteiger partial charge in [0.1, 0.15) is 0 Å². The first-order chi connectivity index (χ1) is 30.4. The summed E-state index contributed by atoms with van der Waals surface area (Å²) in [5.41, 5.74) is -4.60. The zero-order chi connectivity index (χ0) is 48.9. The highest BCUT2D eigenvalue weighted by atomic mass is 31.2. The maximum atomic E-state index is 15.3. The molecule has 0 amide bonds. The Balaban J connectivity index is 7.61. The Kier molecular flexibility index (Phi) is 35.8. The molecule has 0 heterocycles. The van der Waals surface area contributed by atoms with Crippen molar-refractivity contribution in [2.45, 2.75) is 189 Å². The van der Waals surface area contributed by atoms with E-state index in [0.717, 1.165) is 0 Å². The molecule has 0 fully saturated rings. The van der Waals surface area contributed by atoms with Gasteiger partial charge in [0, 0.05) is 5.66 Å². The minimum absolute atomic E-state index is 0.00831. The third-order valence-electron chi connectivity index (χ3n) is 10.3. The lowest BCUT2D eigenvalue weighted by molar-refractivity contribution is 0.184. The van der Waals surface area contributed by atoms with Crippen molar-refractivity contribution < 1.29 is 77.1 Å². The van der Waals surface area contributed by atoms with Crippen LogP contribution in [0.4, 0.5) is 0 Å². The van der Waals surface area contributed by atoms with E-state index >= 15 is 9.13 Å². The molecule has 23 heteroatoms. The van der Waals surface area contributed by atoms with Crippen LogP contribution in [-0.4, -0.2) is 113 Å². The minimum Gasteiger partial charge on any atom is -0.334 e. The van der Waals surface area contributed by atoms with Gasteiger partial charge in [0.05, 0.1) is 108 Å². The van der Waals surface area contributed by atoms with Crippen LogP contribution in [0.2, 0.25) is 0 Å². The first-order valence-corrected chi connectivity index (χ1v) is 33.2. The van der Waals surface area contributed by atoms with E-state index in [0.29, 0.717) is 45.3 Å². The van der Waals surface area contributed by atoms with Crippen LogP contribution >= 0.6 is 46.4 Å². The lowest BCUT2D eigenvalue weighted by atomic mass is 10.0. The van der Waals surface area contributed by atoms with Crippen molar-refractivity contribution >= 4 is 46.4 Å². The van der Waals surface area contributed by atoms with Crippen LogP contribution in [0.15, 0.2) is 0 Å². The Morgan fingerprint density at radius 3 is 0.922 bits per heavy atom. The summed E-state index contributed by atoms with van der Waals surface area (Å²) in [4.78, 5) is 0. The van der Waals surface area contributed by atoms with Gasteiger partial charge in [0.2, 0.25) is 0 Å². The van der Waals surface area contributed by atoms with E-state index in [1.54, 1.807) is 76.2 Å². The predicted octanol–water partition coefficient (Wildman–Crippen LogP) is 14.5. The van der Waals surface area contributed by atoms with Crippen molar-refractivity contribution in [2.75, 3.05) is 79.3 Å². The molecule has 0 aliphatic rings. The molecule has 64 heavy (non-hydrogen) atoms. The highest BCUT2D eigenvalue weighted by Crippen LogP contribution is 2.70. The smallest absolute Gasteiger partial charge is 0.334 e. The molecule has 17 nitrogen and oxygen atoms in total. The van der Waals surface area contributed by atoms with Crippen molar-refractivity contribution in [1.82, 2.24) is 0 Å². The molecule has 0 rings (SSSR count). The molecular weight excluding hydrogens is 950 g/mol. The summed E-state index contributed by atoms with van der Waals surface area (Å²) in [6, 6.07) is 0. The molecule has 6 unspecified atom stereocenters. The summed E-state index contributed by atoms with van der Waals surface area (Å²) in [6.45, 7) is 26.6. The zero-order valence-corrected chi connectivity index (χ0v) is 47.3. The quantitative estimate of drug-likeness (QED) is 0.0412. The summed E-state index contributed by atoms with van der Waals surface area (Å²) >= 11 is 0. The fraction of sp³-hybridized carbons (Fsp3) is 1.00. The molecule has 0 aromatic carbocycles.